The molecule has 23 heavy (non-hydrogen) atoms. The van der Waals surface area contributed by atoms with Crippen LogP contribution in [0.2, 0.25) is 0 Å². The first kappa shape index (κ1) is 14.3. The van der Waals surface area contributed by atoms with Gasteiger partial charge in [0, 0.05) is 24.0 Å². The van der Waals surface area contributed by atoms with Crippen molar-refractivity contribution in [2.75, 3.05) is 6.61 Å². The third-order valence-corrected chi connectivity index (χ3v) is 4.94. The first-order chi connectivity index (χ1) is 11.1. The summed E-state index contributed by atoms with van der Waals surface area (Å²) in [5.41, 5.74) is 3.65. The molecule has 4 rings (SSSR count). The number of nitrogens with zero attached hydrogens (tertiary/aromatic N) is 2. The third-order valence-electron chi connectivity index (χ3n) is 4.04. The molecular formula is C17H17N3O2S. The minimum atomic E-state index is -0.103. The Hall–Kier alpha value is -2.34. The van der Waals surface area contributed by atoms with Crippen LogP contribution in [0, 0.1) is 13.8 Å². The van der Waals surface area contributed by atoms with Crippen LogP contribution >= 0.6 is 11.3 Å². The molecule has 5 nitrogen and oxygen atoms in total. The Kier molecular flexibility index (Phi) is 3.34. The van der Waals surface area contributed by atoms with Gasteiger partial charge in [0.1, 0.15) is 11.4 Å². The maximum absolute atomic E-state index is 12.6. The highest BCUT2D eigenvalue weighted by Gasteiger charge is 2.18. The molecule has 118 valence electrons. The standard InChI is InChI=1S/C17H17N3O2S/c1-10-9-20-15(11(2)19-17(20)23-10)16(21)18-8-12-3-4-13-5-6-22-14(13)7-12/h3-4,7,9H,5-6,8H2,1-2H3,(H,18,21). The highest BCUT2D eigenvalue weighted by molar-refractivity contribution is 7.17. The molecule has 0 bridgehead atoms. The Bertz CT molecular complexity index is 910. The van der Waals surface area contributed by atoms with Gasteiger partial charge in [-0.05, 0) is 31.0 Å². The second-order valence-electron chi connectivity index (χ2n) is 5.76. The van der Waals surface area contributed by atoms with Crippen molar-refractivity contribution in [2.45, 2.75) is 26.8 Å². The number of amides is 1. The summed E-state index contributed by atoms with van der Waals surface area (Å²) in [5, 5.41) is 2.98. The first-order valence-corrected chi connectivity index (χ1v) is 8.41. The van der Waals surface area contributed by atoms with E-state index < -0.39 is 0 Å². The lowest BCUT2D eigenvalue weighted by molar-refractivity contribution is 0.0944. The molecule has 0 radical (unpaired) electrons. The van der Waals surface area contributed by atoms with Gasteiger partial charge in [-0.1, -0.05) is 12.1 Å². The zero-order valence-electron chi connectivity index (χ0n) is 13.0. The lowest BCUT2D eigenvalue weighted by Crippen LogP contribution is -2.24. The molecule has 2 aromatic heterocycles. The van der Waals surface area contributed by atoms with Crippen molar-refractivity contribution in [1.29, 1.82) is 0 Å². The number of nitrogens with one attached hydrogen (secondary N) is 1. The zero-order chi connectivity index (χ0) is 16.0. The van der Waals surface area contributed by atoms with Crippen LogP contribution in [-0.4, -0.2) is 21.9 Å². The average Bonchev–Trinajstić information content (AvgIpc) is 3.17. The Morgan fingerprint density at radius 1 is 1.43 bits per heavy atom. The van der Waals surface area contributed by atoms with Crippen LogP contribution in [0.15, 0.2) is 24.4 Å². The van der Waals surface area contributed by atoms with E-state index >= 15 is 0 Å². The van der Waals surface area contributed by atoms with E-state index in [-0.39, 0.29) is 5.91 Å². The van der Waals surface area contributed by atoms with Crippen LogP contribution in [0.4, 0.5) is 0 Å². The second kappa shape index (κ2) is 5.38. The van der Waals surface area contributed by atoms with E-state index in [9.17, 15) is 4.79 Å². The van der Waals surface area contributed by atoms with Crippen molar-refractivity contribution < 1.29 is 9.53 Å². The molecule has 1 aromatic carbocycles. The van der Waals surface area contributed by atoms with E-state index in [1.165, 1.54) is 5.56 Å². The van der Waals surface area contributed by atoms with Crippen LogP contribution in [0.3, 0.4) is 0 Å². The van der Waals surface area contributed by atoms with E-state index in [1.807, 2.05) is 36.6 Å². The van der Waals surface area contributed by atoms with Gasteiger partial charge in [-0.3, -0.25) is 9.20 Å². The van der Waals surface area contributed by atoms with E-state index in [0.717, 1.165) is 39.9 Å². The Labute approximate surface area is 137 Å². The van der Waals surface area contributed by atoms with Crippen LogP contribution in [0.25, 0.3) is 4.96 Å². The molecule has 0 unspecified atom stereocenters. The zero-order valence-corrected chi connectivity index (χ0v) is 13.9. The predicted octanol–water partition coefficient (Wildman–Crippen LogP) is 2.88. The Morgan fingerprint density at radius 2 is 2.30 bits per heavy atom. The molecule has 0 spiro atoms. The predicted molar refractivity (Wildman–Crippen MR) is 89.4 cm³/mol. The van der Waals surface area contributed by atoms with Crippen molar-refractivity contribution in [1.82, 2.24) is 14.7 Å². The van der Waals surface area contributed by atoms with Gasteiger partial charge in [-0.2, -0.15) is 0 Å². The summed E-state index contributed by atoms with van der Waals surface area (Å²) in [5.74, 6) is 0.836. The van der Waals surface area contributed by atoms with Crippen molar-refractivity contribution >= 4 is 22.2 Å². The minimum absolute atomic E-state index is 0.103. The average molecular weight is 327 g/mol. The van der Waals surface area contributed by atoms with Crippen LogP contribution < -0.4 is 10.1 Å². The fraction of sp³-hybridized carbons (Fsp3) is 0.294. The number of fused-ring (bicyclic) bond motifs is 2. The number of hydrogen-bond acceptors (Lipinski definition) is 4. The number of carbonyl (C=O) groups excluding carboxylic acids is 1. The van der Waals surface area contributed by atoms with Crippen molar-refractivity contribution in [3.05, 3.63) is 51.8 Å². The summed E-state index contributed by atoms with van der Waals surface area (Å²) in [6.07, 6.45) is 2.92. The van der Waals surface area contributed by atoms with Gasteiger partial charge in [-0.25, -0.2) is 4.98 Å². The number of carbonyl (C=O) groups is 1. The van der Waals surface area contributed by atoms with E-state index in [0.29, 0.717) is 12.2 Å². The highest BCUT2D eigenvalue weighted by Crippen LogP contribution is 2.26. The van der Waals surface area contributed by atoms with E-state index in [1.54, 1.807) is 11.3 Å². The number of imidazole rings is 1. The molecule has 1 N–H and O–H groups in total. The topological polar surface area (TPSA) is 55.6 Å². The molecule has 1 aliphatic heterocycles. The lowest BCUT2D eigenvalue weighted by atomic mass is 10.1. The number of ether oxygens (including phenoxy) is 1. The van der Waals surface area contributed by atoms with Gasteiger partial charge in [-0.15, -0.1) is 11.3 Å². The monoisotopic (exact) mass is 327 g/mol. The number of aromatic nitrogens is 2. The van der Waals surface area contributed by atoms with Crippen LogP contribution in [0.5, 0.6) is 5.75 Å². The van der Waals surface area contributed by atoms with Gasteiger partial charge in [0.05, 0.1) is 12.3 Å². The molecule has 1 amide bonds. The van der Waals surface area contributed by atoms with E-state index in [2.05, 4.69) is 16.4 Å². The third kappa shape index (κ3) is 2.49. The molecule has 0 fully saturated rings. The summed E-state index contributed by atoms with van der Waals surface area (Å²) in [4.78, 5) is 19.0. The smallest absolute Gasteiger partial charge is 0.270 e. The van der Waals surface area contributed by atoms with Gasteiger partial charge in [0.15, 0.2) is 4.96 Å². The normalized spacial score (nSPS) is 13.1. The summed E-state index contributed by atoms with van der Waals surface area (Å²) in [7, 11) is 0. The Morgan fingerprint density at radius 3 is 3.17 bits per heavy atom. The van der Waals surface area contributed by atoms with Gasteiger partial charge < -0.3 is 10.1 Å². The highest BCUT2D eigenvalue weighted by atomic mass is 32.1. The molecule has 0 atom stereocenters. The van der Waals surface area contributed by atoms with Crippen molar-refractivity contribution in [3.8, 4) is 5.75 Å². The molecule has 3 heterocycles. The van der Waals surface area contributed by atoms with Gasteiger partial charge >= 0.3 is 0 Å². The van der Waals surface area contributed by atoms with E-state index in [4.69, 9.17) is 4.74 Å². The molecule has 0 aliphatic carbocycles. The van der Waals surface area contributed by atoms with Crippen molar-refractivity contribution in [2.24, 2.45) is 0 Å². The first-order valence-electron chi connectivity index (χ1n) is 7.60. The van der Waals surface area contributed by atoms with Gasteiger partial charge in [0.25, 0.3) is 5.91 Å². The molecule has 1 aliphatic rings. The minimum Gasteiger partial charge on any atom is -0.493 e. The fourth-order valence-electron chi connectivity index (χ4n) is 2.92. The fourth-order valence-corrected chi connectivity index (χ4v) is 3.80. The quantitative estimate of drug-likeness (QED) is 0.805. The largest absolute Gasteiger partial charge is 0.493 e. The number of benzene rings is 1. The summed E-state index contributed by atoms with van der Waals surface area (Å²) in [6.45, 7) is 5.11. The van der Waals surface area contributed by atoms with Crippen LogP contribution in [0.1, 0.15) is 32.2 Å². The maximum atomic E-state index is 12.6. The SMILES string of the molecule is Cc1cn2c(C(=O)NCc3ccc4c(c3)OCC4)c(C)nc2s1. The summed E-state index contributed by atoms with van der Waals surface area (Å²) < 4.78 is 7.44. The molecular weight excluding hydrogens is 310 g/mol. The van der Waals surface area contributed by atoms with Crippen molar-refractivity contribution in [3.63, 3.8) is 0 Å². The molecule has 0 saturated heterocycles. The summed E-state index contributed by atoms with van der Waals surface area (Å²) >= 11 is 1.59. The molecule has 0 saturated carbocycles. The van der Waals surface area contributed by atoms with Gasteiger partial charge in [0.2, 0.25) is 0 Å². The maximum Gasteiger partial charge on any atom is 0.270 e. The molecule has 6 heteroatoms. The number of rotatable bonds is 3. The Balaban J connectivity index is 1.54. The molecule has 3 aromatic rings. The number of thiazole rings is 1. The number of aryl methyl sites for hydroxylation is 2. The summed E-state index contributed by atoms with van der Waals surface area (Å²) in [6, 6.07) is 6.13. The lowest BCUT2D eigenvalue weighted by Gasteiger charge is -2.07. The van der Waals surface area contributed by atoms with Crippen LogP contribution in [-0.2, 0) is 13.0 Å². The second-order valence-corrected chi connectivity index (χ2v) is 6.98. The number of hydrogen-bond donors (Lipinski definition) is 1.